The Bertz CT molecular complexity index is 1180. The van der Waals surface area contributed by atoms with Gasteiger partial charge in [0.2, 0.25) is 0 Å². The Hall–Kier alpha value is -2.74. The number of ether oxygens (including phenoxy) is 1. The van der Waals surface area contributed by atoms with E-state index in [4.69, 9.17) is 4.74 Å². The highest BCUT2D eigenvalue weighted by Gasteiger charge is 2.31. The number of benzene rings is 1. The van der Waals surface area contributed by atoms with Crippen molar-refractivity contribution in [1.29, 1.82) is 0 Å². The second-order valence-electron chi connectivity index (χ2n) is 5.80. The summed E-state index contributed by atoms with van der Waals surface area (Å²) in [4.78, 5) is 41.7. The van der Waals surface area contributed by atoms with Crippen LogP contribution < -0.4 is 11.2 Å². The van der Waals surface area contributed by atoms with Crippen molar-refractivity contribution in [2.45, 2.75) is 6.61 Å². The third kappa shape index (κ3) is 2.17. The average molecular weight is 402 g/mol. The molecule has 0 atom stereocenters. The molecule has 126 valence electrons. The Morgan fingerprint density at radius 2 is 1.72 bits per heavy atom. The van der Waals surface area contributed by atoms with Crippen molar-refractivity contribution in [2.75, 3.05) is 0 Å². The number of hydrogen-bond acceptors (Lipinski definition) is 5. The highest BCUT2D eigenvalue weighted by molar-refractivity contribution is 9.10. The van der Waals surface area contributed by atoms with Crippen molar-refractivity contribution in [3.63, 3.8) is 0 Å². The van der Waals surface area contributed by atoms with Gasteiger partial charge in [0.25, 0.3) is 5.56 Å². The molecule has 1 aliphatic heterocycles. The Kier molecular flexibility index (Phi) is 3.40. The summed E-state index contributed by atoms with van der Waals surface area (Å²) in [5.41, 5.74) is 1.11. The number of aryl methyl sites for hydroxylation is 1. The molecule has 7 nitrogen and oxygen atoms in total. The molecule has 8 heteroatoms. The molecule has 1 aliphatic rings. The fraction of sp³-hybridized carbons (Fsp3) is 0.176. The van der Waals surface area contributed by atoms with Crippen LogP contribution in [0.25, 0.3) is 22.2 Å². The lowest BCUT2D eigenvalue weighted by atomic mass is 9.96. The van der Waals surface area contributed by atoms with Gasteiger partial charge in [-0.25, -0.2) is 14.6 Å². The average Bonchev–Trinajstić information content (AvgIpc) is 2.98. The first-order valence-electron chi connectivity index (χ1n) is 7.46. The van der Waals surface area contributed by atoms with Crippen molar-refractivity contribution >= 4 is 32.9 Å². The summed E-state index contributed by atoms with van der Waals surface area (Å²) in [7, 11) is 2.95. The van der Waals surface area contributed by atoms with Gasteiger partial charge in [-0.05, 0) is 17.7 Å². The smallest absolute Gasteiger partial charge is 0.341 e. The first-order valence-corrected chi connectivity index (χ1v) is 8.25. The largest absolute Gasteiger partial charge is 0.455 e. The van der Waals surface area contributed by atoms with E-state index in [0.717, 1.165) is 9.04 Å². The van der Waals surface area contributed by atoms with Crippen LogP contribution in [0.2, 0.25) is 0 Å². The predicted molar refractivity (Wildman–Crippen MR) is 94.5 cm³/mol. The molecule has 0 saturated heterocycles. The molecule has 0 amide bonds. The zero-order valence-corrected chi connectivity index (χ0v) is 15.0. The highest BCUT2D eigenvalue weighted by Crippen LogP contribution is 2.35. The number of halogens is 1. The molecular formula is C17H12BrN3O4. The Labute approximate surface area is 149 Å². The summed E-state index contributed by atoms with van der Waals surface area (Å²) >= 11 is 3.37. The van der Waals surface area contributed by atoms with Crippen LogP contribution in [-0.2, 0) is 25.4 Å². The molecule has 2 aromatic heterocycles. The second kappa shape index (κ2) is 5.38. The van der Waals surface area contributed by atoms with Crippen molar-refractivity contribution in [2.24, 2.45) is 14.1 Å². The van der Waals surface area contributed by atoms with Crippen LogP contribution in [0.1, 0.15) is 16.1 Å². The first kappa shape index (κ1) is 15.8. The molecule has 1 aromatic carbocycles. The fourth-order valence-electron chi connectivity index (χ4n) is 3.07. The van der Waals surface area contributed by atoms with E-state index in [1.807, 2.05) is 12.1 Å². The van der Waals surface area contributed by atoms with Crippen LogP contribution in [0, 0.1) is 0 Å². The number of rotatable bonds is 1. The molecule has 0 N–H and O–H groups in total. The van der Waals surface area contributed by atoms with Gasteiger partial charge in [-0.2, -0.15) is 0 Å². The van der Waals surface area contributed by atoms with Crippen LogP contribution in [0.4, 0.5) is 0 Å². The number of hydrogen-bond donors (Lipinski definition) is 0. The number of cyclic esters (lactones) is 1. The lowest BCUT2D eigenvalue weighted by Gasteiger charge is -2.13. The van der Waals surface area contributed by atoms with Gasteiger partial charge < -0.3 is 4.74 Å². The van der Waals surface area contributed by atoms with Crippen LogP contribution in [-0.4, -0.2) is 20.1 Å². The van der Waals surface area contributed by atoms with Crippen molar-refractivity contribution < 1.29 is 9.53 Å². The minimum atomic E-state index is -0.516. The van der Waals surface area contributed by atoms with E-state index < -0.39 is 17.2 Å². The molecule has 0 fully saturated rings. The summed E-state index contributed by atoms with van der Waals surface area (Å²) in [6, 6.07) is 7.24. The summed E-state index contributed by atoms with van der Waals surface area (Å²) in [5, 5.41) is 0.226. The third-order valence-electron chi connectivity index (χ3n) is 4.34. The van der Waals surface area contributed by atoms with E-state index in [1.165, 1.54) is 11.6 Å². The maximum Gasteiger partial charge on any atom is 0.341 e. The van der Waals surface area contributed by atoms with Gasteiger partial charge in [0.15, 0.2) is 0 Å². The monoisotopic (exact) mass is 401 g/mol. The van der Waals surface area contributed by atoms with Gasteiger partial charge in [-0.3, -0.25) is 13.9 Å². The fourth-order valence-corrected chi connectivity index (χ4v) is 3.34. The Morgan fingerprint density at radius 1 is 1.04 bits per heavy atom. The molecule has 3 heterocycles. The van der Waals surface area contributed by atoms with E-state index in [9.17, 15) is 14.4 Å². The van der Waals surface area contributed by atoms with Crippen LogP contribution in [0.5, 0.6) is 0 Å². The summed E-state index contributed by atoms with van der Waals surface area (Å²) in [6.07, 6.45) is 0. The molecule has 0 aliphatic carbocycles. The zero-order valence-electron chi connectivity index (χ0n) is 13.4. The van der Waals surface area contributed by atoms with E-state index in [-0.39, 0.29) is 23.2 Å². The van der Waals surface area contributed by atoms with Crippen molar-refractivity contribution in [3.8, 4) is 11.1 Å². The normalized spacial score (nSPS) is 13.2. The van der Waals surface area contributed by atoms with Crippen molar-refractivity contribution in [1.82, 2.24) is 14.1 Å². The van der Waals surface area contributed by atoms with Crippen LogP contribution in [0.3, 0.4) is 0 Å². The minimum Gasteiger partial charge on any atom is -0.455 e. The lowest BCUT2D eigenvalue weighted by molar-refractivity contribution is 0.0534. The number of fused-ring (bicyclic) bond motifs is 2. The Balaban J connectivity index is 2.28. The number of aromatic nitrogens is 3. The number of esters is 1. The molecule has 4 rings (SSSR count). The maximum atomic E-state index is 12.8. The number of nitrogens with zero attached hydrogens (tertiary/aromatic N) is 3. The van der Waals surface area contributed by atoms with E-state index in [1.54, 1.807) is 19.2 Å². The van der Waals surface area contributed by atoms with Gasteiger partial charge in [0, 0.05) is 24.1 Å². The van der Waals surface area contributed by atoms with E-state index in [0.29, 0.717) is 16.8 Å². The van der Waals surface area contributed by atoms with Crippen LogP contribution >= 0.6 is 15.9 Å². The number of carbonyl (C=O) groups excluding carboxylic acids is 1. The summed E-state index contributed by atoms with van der Waals surface area (Å²) < 4.78 is 8.30. The molecule has 0 bridgehead atoms. The minimum absolute atomic E-state index is 0.0248. The van der Waals surface area contributed by atoms with Crippen LogP contribution in [0.15, 0.2) is 38.3 Å². The molecule has 0 radical (unpaired) electrons. The van der Waals surface area contributed by atoms with E-state index >= 15 is 0 Å². The highest BCUT2D eigenvalue weighted by atomic mass is 79.9. The molecule has 0 unspecified atom stereocenters. The molecule has 0 saturated carbocycles. The predicted octanol–water partition coefficient (Wildman–Crippen LogP) is 1.73. The molecule has 3 aromatic rings. The van der Waals surface area contributed by atoms with Gasteiger partial charge in [-0.1, -0.05) is 28.1 Å². The second-order valence-corrected chi connectivity index (χ2v) is 6.71. The first-order chi connectivity index (χ1) is 11.9. The molecular weight excluding hydrogens is 390 g/mol. The zero-order chi connectivity index (χ0) is 17.9. The summed E-state index contributed by atoms with van der Waals surface area (Å²) in [5.74, 6) is -0.516. The summed E-state index contributed by atoms with van der Waals surface area (Å²) in [6.45, 7) is 0.0248. The lowest BCUT2D eigenvalue weighted by Crippen LogP contribution is -2.37. The van der Waals surface area contributed by atoms with E-state index in [2.05, 4.69) is 20.9 Å². The quantitative estimate of drug-likeness (QED) is 0.579. The van der Waals surface area contributed by atoms with Gasteiger partial charge in [0.05, 0.1) is 16.6 Å². The van der Waals surface area contributed by atoms with Gasteiger partial charge in [0.1, 0.15) is 12.3 Å². The Morgan fingerprint density at radius 3 is 2.40 bits per heavy atom. The maximum absolute atomic E-state index is 12.8. The van der Waals surface area contributed by atoms with Gasteiger partial charge >= 0.3 is 11.7 Å². The SMILES string of the molecule is Cn1c(=O)c2c(-c3ccc(Br)cc3)c3c(nc2n(C)c1=O)COC3=O. The molecule has 25 heavy (non-hydrogen) atoms. The van der Waals surface area contributed by atoms with Gasteiger partial charge in [-0.15, -0.1) is 0 Å². The number of pyridine rings is 1. The topological polar surface area (TPSA) is 83.2 Å². The standard InChI is InChI=1S/C17H12BrN3O4/c1-20-14-13(15(22)21(2)17(20)24)11(8-3-5-9(18)6-4-8)12-10(19-14)7-25-16(12)23/h3-6H,7H2,1-2H3. The van der Waals surface area contributed by atoms with Crippen molar-refractivity contribution in [3.05, 3.63) is 60.8 Å². The number of carbonyl (C=O) groups is 1. The third-order valence-corrected chi connectivity index (χ3v) is 4.87. The molecule has 0 spiro atoms.